The fraction of sp³-hybridized carbons (Fsp3) is 0.600. The predicted octanol–water partition coefficient (Wildman–Crippen LogP) is 4.95. The number of nitrogens with two attached hydrogens (primary N) is 1. The third-order valence-corrected chi connectivity index (χ3v) is 5.82. The molecule has 0 radical (unpaired) electrons. The van der Waals surface area contributed by atoms with Gasteiger partial charge in [-0.15, -0.1) is 48.0 Å². The second-order valence-electron chi connectivity index (χ2n) is 5.39. The van der Waals surface area contributed by atoms with Crippen LogP contribution in [0.1, 0.15) is 38.2 Å². The van der Waals surface area contributed by atoms with Crippen LogP contribution < -0.4 is 5.73 Å². The van der Waals surface area contributed by atoms with Crippen LogP contribution in [0.2, 0.25) is 0 Å². The maximum atomic E-state index is 6.91. The maximum absolute atomic E-state index is 6.91. The third-order valence-electron chi connectivity index (χ3n) is 4.34. The minimum Gasteiger partial charge on any atom is -0.324 e. The van der Waals surface area contributed by atoms with Crippen molar-refractivity contribution >= 4 is 48.0 Å². The van der Waals surface area contributed by atoms with E-state index in [2.05, 4.69) is 19.1 Å². The smallest absolute Gasteiger partial charge is 0.0828 e. The van der Waals surface area contributed by atoms with E-state index in [1.54, 1.807) is 0 Å². The van der Waals surface area contributed by atoms with Crippen molar-refractivity contribution in [1.82, 2.24) is 0 Å². The number of hydrogen-bond donors (Lipinski definition) is 1. The van der Waals surface area contributed by atoms with Gasteiger partial charge in [-0.2, -0.15) is 0 Å². The fourth-order valence-electron chi connectivity index (χ4n) is 3.00. The molecule has 116 valence electrons. The van der Waals surface area contributed by atoms with E-state index in [0.29, 0.717) is 0 Å². The second kappa shape index (κ2) is 8.10. The van der Waals surface area contributed by atoms with Gasteiger partial charge in [-0.3, -0.25) is 0 Å². The normalized spacial score (nSPS) is 32.9. The van der Waals surface area contributed by atoms with Gasteiger partial charge in [0.15, 0.2) is 0 Å². The van der Waals surface area contributed by atoms with E-state index in [0.717, 1.165) is 32.1 Å². The molecule has 1 aliphatic rings. The van der Waals surface area contributed by atoms with Crippen molar-refractivity contribution in [3.63, 3.8) is 0 Å². The molecule has 0 amide bonds. The summed E-state index contributed by atoms with van der Waals surface area (Å²) in [5.74, 6) is 0. The van der Waals surface area contributed by atoms with Crippen LogP contribution in [0.15, 0.2) is 30.3 Å². The Morgan fingerprint density at radius 3 is 2.40 bits per heavy atom. The van der Waals surface area contributed by atoms with E-state index in [9.17, 15) is 0 Å². The molecule has 0 spiro atoms. The molecule has 3 unspecified atom stereocenters. The average Bonchev–Trinajstić information content (AvgIpc) is 2.37. The highest BCUT2D eigenvalue weighted by Crippen LogP contribution is 2.47. The van der Waals surface area contributed by atoms with Crippen LogP contribution >= 0.6 is 48.0 Å². The van der Waals surface area contributed by atoms with Crippen LogP contribution in [0.5, 0.6) is 0 Å². The van der Waals surface area contributed by atoms with E-state index in [-0.39, 0.29) is 35.7 Å². The summed E-state index contributed by atoms with van der Waals surface area (Å²) in [6.07, 6.45) is 4.60. The molecule has 2 rings (SSSR count). The molecule has 1 nitrogen and oxygen atoms in total. The lowest BCUT2D eigenvalue weighted by atomic mass is 9.68. The first-order valence-corrected chi connectivity index (χ1v) is 7.49. The molecule has 1 aromatic carbocycles. The monoisotopic (exact) mass is 357 g/mol. The minimum absolute atomic E-state index is 0. The molecule has 0 heterocycles. The summed E-state index contributed by atoms with van der Waals surface area (Å²) in [7, 11) is 0. The van der Waals surface area contributed by atoms with Crippen molar-refractivity contribution in [2.45, 2.75) is 54.8 Å². The van der Waals surface area contributed by atoms with Crippen LogP contribution in [0, 0.1) is 0 Å². The standard InChI is InChI=1S/C15H21Cl2N.2ClH/c1-2-14(18)10-6-9-13(16)15(14,17)11-12-7-4-3-5-8-12;;/h3-5,7-8,13H,2,6,9-11,18H2,1H3;2*1H. The lowest BCUT2D eigenvalue weighted by Gasteiger charge is -2.50. The highest BCUT2D eigenvalue weighted by molar-refractivity contribution is 6.33. The van der Waals surface area contributed by atoms with Gasteiger partial charge in [0.25, 0.3) is 0 Å². The molecular formula is C15H23Cl4N. The number of benzene rings is 1. The highest BCUT2D eigenvalue weighted by atomic mass is 35.5. The maximum Gasteiger partial charge on any atom is 0.0828 e. The quantitative estimate of drug-likeness (QED) is 0.760. The summed E-state index contributed by atoms with van der Waals surface area (Å²) in [5, 5.41) is -0.0573. The number of alkyl halides is 2. The van der Waals surface area contributed by atoms with Gasteiger partial charge in [-0.25, -0.2) is 0 Å². The Morgan fingerprint density at radius 2 is 1.85 bits per heavy atom. The predicted molar refractivity (Wildman–Crippen MR) is 93.9 cm³/mol. The molecular weight excluding hydrogens is 336 g/mol. The Morgan fingerprint density at radius 1 is 1.25 bits per heavy atom. The SMILES string of the molecule is CCC1(N)CCCC(Cl)C1(Cl)Cc1ccccc1.Cl.Cl. The molecule has 1 aliphatic carbocycles. The largest absolute Gasteiger partial charge is 0.324 e. The summed E-state index contributed by atoms with van der Waals surface area (Å²) in [5.41, 5.74) is 7.40. The van der Waals surface area contributed by atoms with E-state index in [1.165, 1.54) is 5.56 Å². The average molecular weight is 359 g/mol. The van der Waals surface area contributed by atoms with Crippen molar-refractivity contribution in [2.24, 2.45) is 5.73 Å². The Balaban J connectivity index is 0.00000180. The summed E-state index contributed by atoms with van der Waals surface area (Å²) in [4.78, 5) is -0.539. The second-order valence-corrected chi connectivity index (χ2v) is 6.60. The third kappa shape index (κ3) is 3.75. The first-order chi connectivity index (χ1) is 8.52. The van der Waals surface area contributed by atoms with Crippen molar-refractivity contribution < 1.29 is 0 Å². The van der Waals surface area contributed by atoms with Crippen LogP contribution in [0.3, 0.4) is 0 Å². The Hall–Kier alpha value is 0.340. The summed E-state index contributed by atoms with van der Waals surface area (Å²) in [6, 6.07) is 10.3. The molecule has 20 heavy (non-hydrogen) atoms. The van der Waals surface area contributed by atoms with Crippen molar-refractivity contribution in [2.75, 3.05) is 0 Å². The van der Waals surface area contributed by atoms with E-state index < -0.39 is 4.87 Å². The van der Waals surface area contributed by atoms with Crippen molar-refractivity contribution in [1.29, 1.82) is 0 Å². The minimum atomic E-state index is -0.539. The van der Waals surface area contributed by atoms with Gasteiger partial charge in [0.1, 0.15) is 0 Å². The first-order valence-electron chi connectivity index (χ1n) is 6.67. The highest BCUT2D eigenvalue weighted by Gasteiger charge is 2.53. The van der Waals surface area contributed by atoms with Crippen molar-refractivity contribution in [3.05, 3.63) is 35.9 Å². The number of hydrogen-bond acceptors (Lipinski definition) is 1. The van der Waals surface area contributed by atoms with Crippen LogP contribution in [-0.4, -0.2) is 15.8 Å². The number of rotatable bonds is 3. The molecule has 0 aliphatic heterocycles. The van der Waals surface area contributed by atoms with E-state index in [4.69, 9.17) is 28.9 Å². The lowest BCUT2D eigenvalue weighted by Crippen LogP contribution is -2.64. The molecule has 2 N–H and O–H groups in total. The summed E-state index contributed by atoms with van der Waals surface area (Å²) in [6.45, 7) is 2.11. The lowest BCUT2D eigenvalue weighted by molar-refractivity contribution is 0.211. The number of halogens is 4. The zero-order valence-corrected chi connectivity index (χ0v) is 14.8. The zero-order chi connectivity index (χ0) is 13.2. The topological polar surface area (TPSA) is 26.0 Å². The Kier molecular flexibility index (Phi) is 8.24. The van der Waals surface area contributed by atoms with Gasteiger partial charge in [-0.05, 0) is 31.2 Å². The van der Waals surface area contributed by atoms with Gasteiger partial charge in [0, 0.05) is 5.54 Å². The van der Waals surface area contributed by atoms with Gasteiger partial charge < -0.3 is 5.73 Å². The van der Waals surface area contributed by atoms with Gasteiger partial charge in [0.05, 0.1) is 10.3 Å². The van der Waals surface area contributed by atoms with Crippen LogP contribution in [0.25, 0.3) is 0 Å². The van der Waals surface area contributed by atoms with Crippen molar-refractivity contribution in [3.8, 4) is 0 Å². The Bertz CT molecular complexity index is 400. The summed E-state index contributed by atoms with van der Waals surface area (Å²) < 4.78 is 0. The van der Waals surface area contributed by atoms with Crippen LogP contribution in [-0.2, 0) is 6.42 Å². The van der Waals surface area contributed by atoms with Gasteiger partial charge in [0.2, 0.25) is 0 Å². The first kappa shape index (κ1) is 20.3. The molecule has 0 saturated heterocycles. The van der Waals surface area contributed by atoms with Gasteiger partial charge >= 0.3 is 0 Å². The Labute approximate surface area is 144 Å². The molecule has 1 aromatic rings. The van der Waals surface area contributed by atoms with E-state index in [1.807, 2.05) is 18.2 Å². The zero-order valence-electron chi connectivity index (χ0n) is 11.6. The molecule has 1 fully saturated rings. The molecule has 1 saturated carbocycles. The molecule has 5 heteroatoms. The molecule has 3 atom stereocenters. The summed E-state index contributed by atoms with van der Waals surface area (Å²) >= 11 is 13.4. The molecule has 0 aromatic heterocycles. The molecule has 0 bridgehead atoms. The van der Waals surface area contributed by atoms with Crippen LogP contribution in [0.4, 0.5) is 0 Å². The fourth-order valence-corrected chi connectivity index (χ4v) is 3.94. The van der Waals surface area contributed by atoms with E-state index >= 15 is 0 Å². The van der Waals surface area contributed by atoms with Gasteiger partial charge in [-0.1, -0.05) is 43.7 Å².